The Balaban J connectivity index is 2.20. The fraction of sp³-hybridized carbons (Fsp3) is 0.400. The second-order valence-electron chi connectivity index (χ2n) is 8.11. The van der Waals surface area contributed by atoms with Crippen molar-refractivity contribution in [1.29, 1.82) is 0 Å². The molecule has 1 heterocycles. The van der Waals surface area contributed by atoms with Crippen LogP contribution in [-0.2, 0) is 19.1 Å². The highest BCUT2D eigenvalue weighted by Crippen LogP contribution is 2.47. The minimum Gasteiger partial charge on any atom is -0.481 e. The molecule has 0 aliphatic carbocycles. The lowest BCUT2D eigenvalue weighted by Gasteiger charge is -2.47. The van der Waals surface area contributed by atoms with Gasteiger partial charge in [0.15, 0.2) is 0 Å². The zero-order chi connectivity index (χ0) is 24.1. The second-order valence-corrected chi connectivity index (χ2v) is 8.98. The van der Waals surface area contributed by atoms with Gasteiger partial charge in [-0.15, -0.1) is 0 Å². The first-order chi connectivity index (χ1) is 15.8. The van der Waals surface area contributed by atoms with Crippen LogP contribution in [-0.4, -0.2) is 40.5 Å². The summed E-state index contributed by atoms with van der Waals surface area (Å²) < 4.78 is 5.28. The minimum absolute atomic E-state index is 0.180. The zero-order valence-corrected chi connectivity index (χ0v) is 20.1. The van der Waals surface area contributed by atoms with Gasteiger partial charge < -0.3 is 14.7 Å². The molecule has 4 atom stereocenters. The van der Waals surface area contributed by atoms with E-state index in [1.807, 2.05) is 37.3 Å². The van der Waals surface area contributed by atoms with Crippen LogP contribution in [0.4, 0.5) is 0 Å². The van der Waals surface area contributed by atoms with Crippen molar-refractivity contribution in [2.75, 3.05) is 6.61 Å². The van der Waals surface area contributed by atoms with E-state index in [1.54, 1.807) is 25.1 Å². The number of carboxylic acids is 1. The number of hydrogen-bond acceptors (Lipinski definition) is 4. The number of ether oxygens (including phenoxy) is 1. The number of likely N-dealkylation sites (tertiary alicyclic amines) is 1. The number of halogens is 2. The number of benzene rings is 2. The van der Waals surface area contributed by atoms with Crippen LogP contribution in [0.5, 0.6) is 0 Å². The summed E-state index contributed by atoms with van der Waals surface area (Å²) in [7, 11) is 0. The van der Waals surface area contributed by atoms with E-state index in [-0.39, 0.29) is 24.9 Å². The van der Waals surface area contributed by atoms with E-state index < -0.39 is 29.9 Å². The Morgan fingerprint density at radius 3 is 2.36 bits per heavy atom. The number of piperidine rings is 1. The molecule has 1 aliphatic rings. The Hall–Kier alpha value is -2.57. The third-order valence-electron chi connectivity index (χ3n) is 6.01. The van der Waals surface area contributed by atoms with Gasteiger partial charge in [0.25, 0.3) is 0 Å². The largest absolute Gasteiger partial charge is 0.481 e. The molecule has 1 N–H and O–H groups in total. The number of carboxylic acid groups (broad SMARTS) is 1. The second kappa shape index (κ2) is 11.0. The molecule has 0 radical (unpaired) electrons. The summed E-state index contributed by atoms with van der Waals surface area (Å²) in [6, 6.07) is 13.1. The predicted octanol–water partition coefficient (Wildman–Crippen LogP) is 5.48. The molecule has 0 saturated carbocycles. The molecule has 1 unspecified atom stereocenters. The topological polar surface area (TPSA) is 83.9 Å². The maximum Gasteiger partial charge on any atom is 0.328 e. The van der Waals surface area contributed by atoms with Crippen LogP contribution in [0.3, 0.4) is 0 Å². The summed E-state index contributed by atoms with van der Waals surface area (Å²) in [5.74, 6) is -3.00. The molecule has 0 bridgehead atoms. The predicted molar refractivity (Wildman–Crippen MR) is 126 cm³/mol. The molecule has 3 rings (SSSR count). The molecular weight excluding hydrogens is 465 g/mol. The van der Waals surface area contributed by atoms with E-state index in [4.69, 9.17) is 27.9 Å². The summed E-state index contributed by atoms with van der Waals surface area (Å²) in [4.78, 5) is 39.7. The smallest absolute Gasteiger partial charge is 0.328 e. The Morgan fingerprint density at radius 2 is 1.79 bits per heavy atom. The summed E-state index contributed by atoms with van der Waals surface area (Å²) in [5, 5.41) is 10.6. The van der Waals surface area contributed by atoms with E-state index in [0.29, 0.717) is 22.9 Å². The van der Waals surface area contributed by atoms with E-state index >= 15 is 0 Å². The quantitative estimate of drug-likeness (QED) is 0.494. The van der Waals surface area contributed by atoms with Gasteiger partial charge in [-0.3, -0.25) is 9.59 Å². The third-order valence-corrected chi connectivity index (χ3v) is 6.50. The SMILES string of the molecule is CCOC(=O)C(CC)N1C(=O)[C@@H](CC(=O)O)C[C@H](c2cccc(Cl)c2)[C@H]1c1ccc(Cl)cc1. The first kappa shape index (κ1) is 25.1. The first-order valence-corrected chi connectivity index (χ1v) is 11.7. The monoisotopic (exact) mass is 491 g/mol. The lowest BCUT2D eigenvalue weighted by Crippen LogP contribution is -2.54. The molecule has 1 saturated heterocycles. The fourth-order valence-electron chi connectivity index (χ4n) is 4.63. The zero-order valence-electron chi connectivity index (χ0n) is 18.5. The Kier molecular flexibility index (Phi) is 8.38. The molecule has 1 amide bonds. The van der Waals surface area contributed by atoms with Crippen LogP contribution in [0.2, 0.25) is 10.0 Å². The molecule has 8 heteroatoms. The van der Waals surface area contributed by atoms with Crippen LogP contribution in [0, 0.1) is 5.92 Å². The number of hydrogen-bond donors (Lipinski definition) is 1. The summed E-state index contributed by atoms with van der Waals surface area (Å²) in [6.07, 6.45) is 0.324. The fourth-order valence-corrected chi connectivity index (χ4v) is 4.96. The highest BCUT2D eigenvalue weighted by atomic mass is 35.5. The maximum absolute atomic E-state index is 13.7. The Bertz CT molecular complexity index is 1010. The molecule has 176 valence electrons. The normalized spacial score (nSPS) is 21.5. The highest BCUT2D eigenvalue weighted by molar-refractivity contribution is 6.30. The van der Waals surface area contributed by atoms with Gasteiger partial charge in [-0.2, -0.15) is 0 Å². The van der Waals surface area contributed by atoms with Gasteiger partial charge in [0.2, 0.25) is 5.91 Å². The van der Waals surface area contributed by atoms with E-state index in [0.717, 1.165) is 11.1 Å². The first-order valence-electron chi connectivity index (χ1n) is 11.0. The van der Waals surface area contributed by atoms with Gasteiger partial charge in [-0.25, -0.2) is 4.79 Å². The van der Waals surface area contributed by atoms with Crippen LogP contribution in [0.15, 0.2) is 48.5 Å². The molecule has 1 aliphatic heterocycles. The van der Waals surface area contributed by atoms with Gasteiger partial charge in [-0.1, -0.05) is 54.4 Å². The summed E-state index contributed by atoms with van der Waals surface area (Å²) in [6.45, 7) is 3.70. The van der Waals surface area contributed by atoms with Crippen LogP contribution < -0.4 is 0 Å². The molecule has 33 heavy (non-hydrogen) atoms. The number of carbonyl (C=O) groups excluding carboxylic acids is 2. The molecule has 2 aromatic rings. The van der Waals surface area contributed by atoms with Crippen molar-refractivity contribution in [3.05, 3.63) is 69.7 Å². The molecule has 0 aromatic heterocycles. The number of aliphatic carboxylic acids is 1. The lowest BCUT2D eigenvalue weighted by atomic mass is 9.74. The lowest BCUT2D eigenvalue weighted by molar-refractivity contribution is -0.163. The number of esters is 1. The van der Waals surface area contributed by atoms with Crippen molar-refractivity contribution in [3.63, 3.8) is 0 Å². The van der Waals surface area contributed by atoms with E-state index in [9.17, 15) is 19.5 Å². The average Bonchev–Trinajstić information content (AvgIpc) is 2.77. The average molecular weight is 492 g/mol. The molecule has 0 spiro atoms. The standard InChI is InChI=1S/C25H27Cl2NO5/c1-3-21(25(32)33-4-2)28-23(15-8-10-18(26)11-9-15)20(16-6-5-7-19(27)12-16)13-17(24(28)31)14-22(29)30/h5-12,17,20-21,23H,3-4,13-14H2,1-2H3,(H,29,30)/t17-,20-,21?,23-/m1/s1. The molecule has 6 nitrogen and oxygen atoms in total. The van der Waals surface area contributed by atoms with Crippen LogP contribution in [0.1, 0.15) is 56.2 Å². The van der Waals surface area contributed by atoms with Crippen molar-refractivity contribution < 1.29 is 24.2 Å². The van der Waals surface area contributed by atoms with Crippen molar-refractivity contribution in [2.45, 2.75) is 51.1 Å². The number of amides is 1. The van der Waals surface area contributed by atoms with Crippen molar-refractivity contribution in [3.8, 4) is 0 Å². The number of carbonyl (C=O) groups is 3. The Labute approximate surface area is 203 Å². The molecular formula is C25H27Cl2NO5. The summed E-state index contributed by atoms with van der Waals surface area (Å²) >= 11 is 12.4. The van der Waals surface area contributed by atoms with Gasteiger partial charge in [0.1, 0.15) is 6.04 Å². The van der Waals surface area contributed by atoms with Crippen LogP contribution in [0.25, 0.3) is 0 Å². The van der Waals surface area contributed by atoms with Gasteiger partial charge in [0, 0.05) is 21.9 Å². The van der Waals surface area contributed by atoms with Gasteiger partial charge >= 0.3 is 11.9 Å². The van der Waals surface area contributed by atoms with Gasteiger partial charge in [-0.05, 0) is 55.2 Å². The molecule has 1 fully saturated rings. The number of rotatable bonds is 8. The number of nitrogens with zero attached hydrogens (tertiary/aromatic N) is 1. The maximum atomic E-state index is 13.7. The van der Waals surface area contributed by atoms with E-state index in [2.05, 4.69) is 0 Å². The Morgan fingerprint density at radius 1 is 1.09 bits per heavy atom. The third kappa shape index (κ3) is 5.68. The highest BCUT2D eigenvalue weighted by Gasteiger charge is 2.48. The van der Waals surface area contributed by atoms with E-state index in [1.165, 1.54) is 4.90 Å². The molecule has 2 aromatic carbocycles. The van der Waals surface area contributed by atoms with Crippen molar-refractivity contribution in [1.82, 2.24) is 4.90 Å². The van der Waals surface area contributed by atoms with Crippen molar-refractivity contribution >= 4 is 41.0 Å². The summed E-state index contributed by atoms with van der Waals surface area (Å²) in [5.41, 5.74) is 1.67. The minimum atomic E-state index is -1.06. The van der Waals surface area contributed by atoms with Crippen molar-refractivity contribution in [2.24, 2.45) is 5.92 Å². The van der Waals surface area contributed by atoms with Crippen LogP contribution >= 0.6 is 23.2 Å². The van der Waals surface area contributed by atoms with Gasteiger partial charge in [0.05, 0.1) is 19.1 Å².